The summed E-state index contributed by atoms with van der Waals surface area (Å²) in [6, 6.07) is 0. The number of hydrogen-bond acceptors (Lipinski definition) is 6. The lowest BCUT2D eigenvalue weighted by Gasteiger charge is -2.18. The highest BCUT2D eigenvalue weighted by atomic mass is 16.6. The molecule has 1 unspecified atom stereocenters. The Balaban J connectivity index is 4.30. The van der Waals surface area contributed by atoms with Crippen LogP contribution in [0, 0.1) is 0 Å². The zero-order valence-corrected chi connectivity index (χ0v) is 52.1. The second-order valence-corrected chi connectivity index (χ2v) is 22.3. The summed E-state index contributed by atoms with van der Waals surface area (Å²) >= 11 is 0. The highest BCUT2D eigenvalue weighted by Crippen LogP contribution is 2.17. The second kappa shape index (κ2) is 66.8. The molecule has 0 aromatic carbocycles. The van der Waals surface area contributed by atoms with Crippen LogP contribution in [-0.4, -0.2) is 37.2 Å². The Morgan fingerprint density at radius 3 is 0.835 bits per heavy atom. The van der Waals surface area contributed by atoms with E-state index >= 15 is 0 Å². The first-order chi connectivity index (χ1) is 39.0. The molecule has 0 saturated heterocycles. The maximum Gasteiger partial charge on any atom is 0.306 e. The van der Waals surface area contributed by atoms with E-state index in [1.807, 2.05) is 0 Å². The number of carbonyl (C=O) groups is 3. The van der Waals surface area contributed by atoms with E-state index < -0.39 is 6.10 Å². The van der Waals surface area contributed by atoms with Crippen LogP contribution in [0.2, 0.25) is 0 Å². The van der Waals surface area contributed by atoms with E-state index in [2.05, 4.69) is 118 Å². The van der Waals surface area contributed by atoms with Crippen molar-refractivity contribution in [2.24, 2.45) is 0 Å². The van der Waals surface area contributed by atoms with Gasteiger partial charge in [-0.05, 0) is 116 Å². The van der Waals surface area contributed by atoms with E-state index in [1.165, 1.54) is 148 Å². The lowest BCUT2D eigenvalue weighted by atomic mass is 10.0. The summed E-state index contributed by atoms with van der Waals surface area (Å²) in [7, 11) is 0. The van der Waals surface area contributed by atoms with Crippen LogP contribution in [0.25, 0.3) is 0 Å². The van der Waals surface area contributed by atoms with Crippen LogP contribution in [0.3, 0.4) is 0 Å². The Morgan fingerprint density at radius 2 is 0.519 bits per heavy atom. The number of esters is 3. The van der Waals surface area contributed by atoms with Crippen LogP contribution < -0.4 is 0 Å². The monoisotopic (exact) mass is 1100 g/mol. The summed E-state index contributed by atoms with van der Waals surface area (Å²) in [6.07, 6.45) is 90.0. The van der Waals surface area contributed by atoms with Gasteiger partial charge < -0.3 is 14.2 Å². The van der Waals surface area contributed by atoms with Gasteiger partial charge in [0.25, 0.3) is 0 Å². The summed E-state index contributed by atoms with van der Waals surface area (Å²) in [5.74, 6) is -0.912. The van der Waals surface area contributed by atoms with Crippen molar-refractivity contribution in [3.8, 4) is 0 Å². The average Bonchev–Trinajstić information content (AvgIpc) is 3.45. The number of unbranched alkanes of at least 4 members (excludes halogenated alkanes) is 34. The molecule has 454 valence electrons. The minimum Gasteiger partial charge on any atom is -0.462 e. The third kappa shape index (κ3) is 65.0. The molecule has 0 radical (unpaired) electrons. The van der Waals surface area contributed by atoms with Crippen LogP contribution in [-0.2, 0) is 28.6 Å². The molecule has 0 saturated carbocycles. The van der Waals surface area contributed by atoms with E-state index in [-0.39, 0.29) is 31.1 Å². The lowest BCUT2D eigenvalue weighted by Crippen LogP contribution is -2.30. The molecule has 0 amide bonds. The Bertz CT molecular complexity index is 1540. The molecule has 0 rings (SSSR count). The Kier molecular flexibility index (Phi) is 63.7. The van der Waals surface area contributed by atoms with E-state index in [0.29, 0.717) is 19.3 Å². The van der Waals surface area contributed by atoms with E-state index in [0.717, 1.165) is 141 Å². The molecule has 0 bridgehead atoms. The molecule has 0 fully saturated rings. The molecule has 0 heterocycles. The van der Waals surface area contributed by atoms with Crippen LogP contribution in [0.1, 0.15) is 329 Å². The van der Waals surface area contributed by atoms with Crippen molar-refractivity contribution < 1.29 is 28.6 Å². The molecule has 0 N–H and O–H groups in total. The van der Waals surface area contributed by atoms with Gasteiger partial charge in [-0.1, -0.05) is 291 Å². The van der Waals surface area contributed by atoms with Gasteiger partial charge in [-0.2, -0.15) is 0 Å². The van der Waals surface area contributed by atoms with Crippen molar-refractivity contribution in [1.82, 2.24) is 0 Å². The van der Waals surface area contributed by atoms with Crippen molar-refractivity contribution in [2.75, 3.05) is 13.2 Å². The molecule has 1 atom stereocenters. The molecular formula is C73H126O6. The van der Waals surface area contributed by atoms with E-state index in [9.17, 15) is 14.4 Å². The van der Waals surface area contributed by atoms with Crippen LogP contribution in [0.15, 0.2) is 97.2 Å². The van der Waals surface area contributed by atoms with Gasteiger partial charge >= 0.3 is 17.9 Å². The van der Waals surface area contributed by atoms with Gasteiger partial charge in [0.05, 0.1) is 0 Å². The fourth-order valence-electron chi connectivity index (χ4n) is 9.50. The third-order valence-electron chi connectivity index (χ3n) is 14.5. The fourth-order valence-corrected chi connectivity index (χ4v) is 9.50. The summed E-state index contributed by atoms with van der Waals surface area (Å²) in [6.45, 7) is 6.47. The van der Waals surface area contributed by atoms with E-state index in [1.54, 1.807) is 0 Å². The van der Waals surface area contributed by atoms with Crippen LogP contribution in [0.5, 0.6) is 0 Å². The number of carbonyl (C=O) groups excluding carboxylic acids is 3. The van der Waals surface area contributed by atoms with Gasteiger partial charge in [0, 0.05) is 19.3 Å². The zero-order valence-electron chi connectivity index (χ0n) is 52.1. The maximum absolute atomic E-state index is 12.9. The van der Waals surface area contributed by atoms with Gasteiger partial charge in [-0.3, -0.25) is 14.4 Å². The minimum atomic E-state index is -0.796. The van der Waals surface area contributed by atoms with Gasteiger partial charge in [-0.15, -0.1) is 0 Å². The molecule has 6 nitrogen and oxygen atoms in total. The lowest BCUT2D eigenvalue weighted by molar-refractivity contribution is -0.167. The predicted octanol–water partition coefficient (Wildman–Crippen LogP) is 23.2. The first-order valence-corrected chi connectivity index (χ1v) is 33.7. The molecule has 0 aliphatic carbocycles. The highest BCUT2D eigenvalue weighted by molar-refractivity contribution is 5.71. The third-order valence-corrected chi connectivity index (χ3v) is 14.5. The predicted molar refractivity (Wildman–Crippen MR) is 344 cm³/mol. The normalized spacial score (nSPS) is 12.7. The van der Waals surface area contributed by atoms with Crippen molar-refractivity contribution in [1.29, 1.82) is 0 Å². The number of allylic oxidation sites excluding steroid dienone is 16. The number of ether oxygens (including phenoxy) is 3. The molecule has 6 heteroatoms. The summed E-state index contributed by atoms with van der Waals surface area (Å²) < 4.78 is 16.9. The zero-order chi connectivity index (χ0) is 57.1. The highest BCUT2D eigenvalue weighted by Gasteiger charge is 2.19. The Labute approximate surface area is 489 Å². The summed E-state index contributed by atoms with van der Waals surface area (Å²) in [5, 5.41) is 0. The van der Waals surface area contributed by atoms with Crippen molar-refractivity contribution in [3.63, 3.8) is 0 Å². The SMILES string of the molecule is CC/C=C\C/C=C\C/C=C\C/C=C\C/C=C\CCCCCCCC(=O)OC(COC(=O)CCCCCCC/C=C\C/C=C\CCC)COC(=O)CCCCCCCCCCCCCCCCC/C=C\CCCCCCCCCC. The minimum absolute atomic E-state index is 0.0888. The van der Waals surface area contributed by atoms with Gasteiger partial charge in [0.15, 0.2) is 6.10 Å². The van der Waals surface area contributed by atoms with Gasteiger partial charge in [-0.25, -0.2) is 0 Å². The second-order valence-electron chi connectivity index (χ2n) is 22.3. The molecule has 0 aliphatic rings. The Morgan fingerprint density at radius 1 is 0.266 bits per heavy atom. The molecular weight excluding hydrogens is 973 g/mol. The van der Waals surface area contributed by atoms with Crippen LogP contribution in [0.4, 0.5) is 0 Å². The fraction of sp³-hybridized carbons (Fsp3) is 0.740. The molecule has 0 aliphatic heterocycles. The number of hydrogen-bond donors (Lipinski definition) is 0. The number of rotatable bonds is 61. The molecule has 0 aromatic rings. The Hall–Kier alpha value is -3.67. The quantitative estimate of drug-likeness (QED) is 0.0261. The van der Waals surface area contributed by atoms with Crippen molar-refractivity contribution in [3.05, 3.63) is 97.2 Å². The summed E-state index contributed by atoms with van der Waals surface area (Å²) in [4.78, 5) is 38.4. The average molecular weight is 1100 g/mol. The smallest absolute Gasteiger partial charge is 0.306 e. The summed E-state index contributed by atoms with van der Waals surface area (Å²) in [5.41, 5.74) is 0. The first-order valence-electron chi connectivity index (χ1n) is 33.7. The van der Waals surface area contributed by atoms with Crippen molar-refractivity contribution >= 4 is 17.9 Å². The molecule has 0 spiro atoms. The van der Waals surface area contributed by atoms with Crippen molar-refractivity contribution in [2.45, 2.75) is 335 Å². The largest absolute Gasteiger partial charge is 0.462 e. The molecule has 0 aromatic heterocycles. The standard InChI is InChI=1S/C73H126O6/c1-4-7-10-13-16-19-22-25-27-29-31-33-34-35-36-37-38-40-41-43-45-48-51-54-57-60-63-66-72(75)78-69-70(68-77-71(74)65-62-59-56-53-50-47-24-21-18-15-12-9-6-3)79-73(76)67-64-61-58-55-52-49-46-44-42-39-32-30-28-26-23-20-17-14-11-8-5-2/h8,11-12,15,17,20-21,24,26,28-29,31-32,39,44,46,70H,4-7,9-10,13-14,16,18-19,22-23,25,27,30,33-38,40-43,45,47-69H2,1-3H3/b11-8-,15-12-,20-17-,24-21-,28-26-,31-29-,39-32-,46-44-. The van der Waals surface area contributed by atoms with Gasteiger partial charge in [0.1, 0.15) is 13.2 Å². The maximum atomic E-state index is 12.9. The van der Waals surface area contributed by atoms with Gasteiger partial charge in [0.2, 0.25) is 0 Å². The van der Waals surface area contributed by atoms with E-state index in [4.69, 9.17) is 14.2 Å². The first kappa shape index (κ1) is 75.3. The topological polar surface area (TPSA) is 78.9 Å². The van der Waals surface area contributed by atoms with Crippen LogP contribution >= 0.6 is 0 Å². The molecule has 79 heavy (non-hydrogen) atoms.